The second kappa shape index (κ2) is 11.7. The third-order valence-electron chi connectivity index (χ3n) is 6.05. The predicted octanol–water partition coefficient (Wildman–Crippen LogP) is 4.19. The Labute approximate surface area is 214 Å². The number of para-hydroxylation sites is 2. The Kier molecular flexibility index (Phi) is 8.90. The van der Waals surface area contributed by atoms with Gasteiger partial charge in [-0.05, 0) is 12.1 Å². The molecule has 7 nitrogen and oxygen atoms in total. The predicted molar refractivity (Wildman–Crippen MR) is 144 cm³/mol. The van der Waals surface area contributed by atoms with Crippen LogP contribution in [0.1, 0.15) is 6.92 Å². The Bertz CT molecular complexity index is 1260. The standard InChI is InChI=1S/C24H26N6OS.2ClH/c1-18(31)29-14-11-28(12-15-29)13-16-30-21-8-4-2-6-19(21)23(20-7-3-5-9-22(20)30)26-27-24-25-10-17-32-24;;/h2-10,17H,11-16H2,1H3,(H,25,27);2*1H. The second-order valence-electron chi connectivity index (χ2n) is 7.94. The number of rotatable bonds is 5. The Morgan fingerprint density at radius 1 is 0.971 bits per heavy atom. The molecular formula is C24H28Cl2N6OS. The highest BCUT2D eigenvalue weighted by Gasteiger charge is 2.18. The Hall–Kier alpha value is -2.65. The van der Waals surface area contributed by atoms with Crippen molar-refractivity contribution in [2.75, 3.05) is 38.1 Å². The molecule has 0 spiro atoms. The number of anilines is 1. The van der Waals surface area contributed by atoms with Crippen molar-refractivity contribution >= 4 is 69.0 Å². The number of thiazole rings is 1. The molecule has 2 aromatic heterocycles. The first-order valence-electron chi connectivity index (χ1n) is 10.9. The zero-order valence-corrected chi connectivity index (χ0v) is 21.3. The number of aromatic nitrogens is 2. The second-order valence-corrected chi connectivity index (χ2v) is 8.84. The minimum atomic E-state index is 0. The van der Waals surface area contributed by atoms with Gasteiger partial charge in [0.25, 0.3) is 0 Å². The van der Waals surface area contributed by atoms with Crippen molar-refractivity contribution in [3.63, 3.8) is 0 Å². The summed E-state index contributed by atoms with van der Waals surface area (Å²) in [5, 5.41) is 10.6. The highest BCUT2D eigenvalue weighted by Crippen LogP contribution is 2.20. The van der Waals surface area contributed by atoms with E-state index in [-0.39, 0.29) is 30.7 Å². The summed E-state index contributed by atoms with van der Waals surface area (Å²) >= 11 is 1.53. The first kappa shape index (κ1) is 26.0. The number of halogens is 2. The Morgan fingerprint density at radius 2 is 1.59 bits per heavy atom. The molecule has 1 saturated heterocycles. The Balaban J connectivity index is 0.00000162. The van der Waals surface area contributed by atoms with Crippen LogP contribution in [0, 0.1) is 0 Å². The van der Waals surface area contributed by atoms with E-state index in [0.717, 1.165) is 71.6 Å². The zero-order chi connectivity index (χ0) is 21.9. The van der Waals surface area contributed by atoms with Gasteiger partial charge in [-0.2, -0.15) is 5.10 Å². The van der Waals surface area contributed by atoms with E-state index in [0.29, 0.717) is 0 Å². The number of carbonyl (C=O) groups is 1. The average molecular weight is 520 g/mol. The van der Waals surface area contributed by atoms with Gasteiger partial charge in [-0.1, -0.05) is 36.4 Å². The van der Waals surface area contributed by atoms with Crippen LogP contribution < -0.4 is 10.8 Å². The van der Waals surface area contributed by atoms with Gasteiger partial charge in [0.05, 0.1) is 11.0 Å². The maximum Gasteiger partial charge on any atom is 0.219 e. The van der Waals surface area contributed by atoms with E-state index >= 15 is 0 Å². The van der Waals surface area contributed by atoms with Crippen molar-refractivity contribution in [2.45, 2.75) is 13.5 Å². The first-order valence-corrected chi connectivity index (χ1v) is 11.8. The van der Waals surface area contributed by atoms with Crippen LogP contribution in [0.5, 0.6) is 0 Å². The van der Waals surface area contributed by atoms with Crippen LogP contribution >= 0.6 is 36.2 Å². The molecule has 0 bridgehead atoms. The van der Waals surface area contributed by atoms with Crippen molar-refractivity contribution in [1.82, 2.24) is 19.4 Å². The summed E-state index contributed by atoms with van der Waals surface area (Å²) in [6, 6.07) is 16.9. The molecule has 0 atom stereocenters. The van der Waals surface area contributed by atoms with E-state index in [9.17, 15) is 4.79 Å². The van der Waals surface area contributed by atoms with Crippen LogP contribution in [-0.2, 0) is 11.3 Å². The van der Waals surface area contributed by atoms with Gasteiger partial charge in [0, 0.05) is 68.5 Å². The van der Waals surface area contributed by atoms with E-state index in [1.165, 1.54) is 11.3 Å². The molecule has 2 aromatic carbocycles. The maximum absolute atomic E-state index is 11.6. The molecule has 1 N–H and O–H groups in total. The molecule has 0 radical (unpaired) electrons. The molecule has 3 heterocycles. The molecule has 5 rings (SSSR count). The number of nitrogens with zero attached hydrogens (tertiary/aromatic N) is 5. The molecule has 4 aromatic rings. The molecule has 0 aliphatic carbocycles. The number of piperazine rings is 1. The number of hydrogen-bond donors (Lipinski definition) is 1. The molecule has 1 amide bonds. The van der Waals surface area contributed by atoms with Crippen LogP contribution in [0.3, 0.4) is 0 Å². The number of benzene rings is 2. The van der Waals surface area contributed by atoms with Gasteiger partial charge < -0.3 is 9.47 Å². The molecule has 180 valence electrons. The molecule has 1 fully saturated rings. The lowest BCUT2D eigenvalue weighted by Crippen LogP contribution is -2.48. The molecular weight excluding hydrogens is 491 g/mol. The van der Waals surface area contributed by atoms with Gasteiger partial charge in [-0.15, -0.1) is 36.2 Å². The van der Waals surface area contributed by atoms with Gasteiger partial charge in [-0.25, -0.2) is 4.98 Å². The minimum Gasteiger partial charge on any atom is -0.340 e. The van der Waals surface area contributed by atoms with Crippen LogP contribution in [-0.4, -0.2) is 58.0 Å². The third-order valence-corrected chi connectivity index (χ3v) is 6.73. The van der Waals surface area contributed by atoms with Crippen LogP contribution in [0.2, 0.25) is 0 Å². The van der Waals surface area contributed by atoms with Gasteiger partial charge in [0.15, 0.2) is 0 Å². The molecule has 0 saturated carbocycles. The summed E-state index contributed by atoms with van der Waals surface area (Å²) in [6.07, 6.45) is 1.77. The molecule has 0 unspecified atom stereocenters. The molecule has 1 aliphatic rings. The van der Waals surface area contributed by atoms with E-state index in [4.69, 9.17) is 5.10 Å². The molecule has 1 aliphatic heterocycles. The van der Waals surface area contributed by atoms with E-state index in [1.807, 2.05) is 10.3 Å². The molecule has 34 heavy (non-hydrogen) atoms. The van der Waals surface area contributed by atoms with Crippen LogP contribution in [0.15, 0.2) is 65.2 Å². The Morgan fingerprint density at radius 3 is 2.15 bits per heavy atom. The summed E-state index contributed by atoms with van der Waals surface area (Å²) in [5.74, 6) is 0.168. The van der Waals surface area contributed by atoms with Gasteiger partial charge in [0.1, 0.15) is 5.36 Å². The number of fused-ring (bicyclic) bond motifs is 2. The van der Waals surface area contributed by atoms with E-state index in [1.54, 1.807) is 13.1 Å². The van der Waals surface area contributed by atoms with E-state index < -0.39 is 0 Å². The molecule has 10 heteroatoms. The van der Waals surface area contributed by atoms with Crippen molar-refractivity contribution < 1.29 is 4.79 Å². The number of carbonyl (C=O) groups excluding carboxylic acids is 1. The van der Waals surface area contributed by atoms with Gasteiger partial charge in [-0.3, -0.25) is 15.1 Å². The minimum absolute atomic E-state index is 0. The number of hydrogen-bond acceptors (Lipinski definition) is 6. The van der Waals surface area contributed by atoms with Gasteiger partial charge in [0.2, 0.25) is 11.0 Å². The topological polar surface area (TPSA) is 65.8 Å². The quantitative estimate of drug-likeness (QED) is 0.317. The zero-order valence-electron chi connectivity index (χ0n) is 18.9. The largest absolute Gasteiger partial charge is 0.340 e. The highest BCUT2D eigenvalue weighted by atomic mass is 35.5. The highest BCUT2D eigenvalue weighted by molar-refractivity contribution is 7.13. The van der Waals surface area contributed by atoms with Crippen LogP contribution in [0.25, 0.3) is 21.8 Å². The summed E-state index contributed by atoms with van der Waals surface area (Å²) in [6.45, 7) is 6.92. The third kappa shape index (κ3) is 5.36. The fraction of sp³-hybridized carbons (Fsp3) is 0.292. The first-order chi connectivity index (χ1) is 15.7. The lowest BCUT2D eigenvalue weighted by molar-refractivity contribution is -0.130. The summed E-state index contributed by atoms with van der Waals surface area (Å²) in [5.41, 5.74) is 5.45. The fourth-order valence-electron chi connectivity index (χ4n) is 4.36. The fourth-order valence-corrected chi connectivity index (χ4v) is 4.84. The smallest absolute Gasteiger partial charge is 0.219 e. The summed E-state index contributed by atoms with van der Waals surface area (Å²) in [4.78, 5) is 20.3. The van der Waals surface area contributed by atoms with Crippen molar-refractivity contribution in [1.29, 1.82) is 0 Å². The van der Waals surface area contributed by atoms with Crippen molar-refractivity contribution in [3.8, 4) is 0 Å². The average Bonchev–Trinajstić information content (AvgIpc) is 3.35. The lowest BCUT2D eigenvalue weighted by atomic mass is 10.1. The van der Waals surface area contributed by atoms with Crippen LogP contribution in [0.4, 0.5) is 5.13 Å². The summed E-state index contributed by atoms with van der Waals surface area (Å²) in [7, 11) is 0. The number of pyridine rings is 1. The number of amides is 1. The maximum atomic E-state index is 11.6. The normalized spacial score (nSPS) is 13.9. The van der Waals surface area contributed by atoms with E-state index in [2.05, 4.69) is 68.4 Å². The number of nitrogens with one attached hydrogen (secondary N) is 1. The SMILES string of the molecule is CC(=O)N1CCN(CCn2c3ccccc3c(=NNc3nccs3)c3ccccc32)CC1.Cl.Cl. The summed E-state index contributed by atoms with van der Waals surface area (Å²) < 4.78 is 2.39. The van der Waals surface area contributed by atoms with Crippen molar-refractivity contribution in [3.05, 3.63) is 65.5 Å². The van der Waals surface area contributed by atoms with Gasteiger partial charge >= 0.3 is 0 Å². The monoisotopic (exact) mass is 518 g/mol. The lowest BCUT2D eigenvalue weighted by Gasteiger charge is -2.34. The van der Waals surface area contributed by atoms with Crippen molar-refractivity contribution in [2.24, 2.45) is 5.10 Å².